The first-order valence-electron chi connectivity index (χ1n) is 6.19. The van der Waals surface area contributed by atoms with Gasteiger partial charge in [0.05, 0.1) is 17.7 Å². The number of ether oxygens (including phenoxy) is 1. The van der Waals surface area contributed by atoms with Crippen LogP contribution in [-0.2, 0) is 0 Å². The van der Waals surface area contributed by atoms with Gasteiger partial charge in [0.15, 0.2) is 5.65 Å². The van der Waals surface area contributed by atoms with Gasteiger partial charge in [-0.05, 0) is 31.2 Å². The molecule has 0 aliphatic carbocycles. The maximum absolute atomic E-state index is 9.84. The van der Waals surface area contributed by atoms with E-state index >= 15 is 0 Å². The van der Waals surface area contributed by atoms with E-state index in [1.54, 1.807) is 6.07 Å². The average molecular weight is 271 g/mol. The molecular weight excluding hydrogens is 258 g/mol. The molecule has 3 aromatic rings. The highest BCUT2D eigenvalue weighted by atomic mass is 16.5. The molecule has 2 heterocycles. The number of aromatic amines is 1. The van der Waals surface area contributed by atoms with Gasteiger partial charge in [-0.2, -0.15) is 4.98 Å². The molecule has 0 fully saturated rings. The van der Waals surface area contributed by atoms with Crippen LogP contribution in [-0.4, -0.2) is 31.8 Å². The molecule has 0 radical (unpaired) electrons. The van der Waals surface area contributed by atoms with Gasteiger partial charge in [0.2, 0.25) is 5.88 Å². The lowest BCUT2D eigenvalue weighted by Crippen LogP contribution is -1.93. The zero-order valence-electron chi connectivity index (χ0n) is 10.8. The van der Waals surface area contributed by atoms with E-state index in [0.717, 1.165) is 5.52 Å². The monoisotopic (exact) mass is 271 g/mol. The largest absolute Gasteiger partial charge is 0.508 e. The first-order valence-corrected chi connectivity index (χ1v) is 6.19. The number of phenols is 2. The molecule has 1 aromatic carbocycles. The molecule has 0 amide bonds. The number of rotatable bonds is 3. The summed E-state index contributed by atoms with van der Waals surface area (Å²) in [5.41, 5.74) is 1.64. The summed E-state index contributed by atoms with van der Waals surface area (Å²) in [6.07, 6.45) is 0. The Morgan fingerprint density at radius 1 is 1.15 bits per heavy atom. The highest BCUT2D eigenvalue weighted by Gasteiger charge is 2.11. The van der Waals surface area contributed by atoms with Crippen molar-refractivity contribution < 1.29 is 14.9 Å². The molecule has 0 saturated heterocycles. The van der Waals surface area contributed by atoms with Gasteiger partial charge in [0, 0.05) is 6.07 Å². The number of pyridine rings is 1. The van der Waals surface area contributed by atoms with Crippen LogP contribution in [0.5, 0.6) is 17.4 Å². The summed E-state index contributed by atoms with van der Waals surface area (Å²) in [7, 11) is 0. The molecule has 0 aliphatic heterocycles. The van der Waals surface area contributed by atoms with Crippen LogP contribution in [0.2, 0.25) is 0 Å². The molecule has 0 saturated carbocycles. The second-order valence-electron chi connectivity index (χ2n) is 4.24. The van der Waals surface area contributed by atoms with Gasteiger partial charge in [-0.3, -0.25) is 0 Å². The molecule has 0 aliphatic rings. The summed E-state index contributed by atoms with van der Waals surface area (Å²) in [5, 5.41) is 19.3. The van der Waals surface area contributed by atoms with E-state index in [0.29, 0.717) is 29.5 Å². The minimum atomic E-state index is 0.0342. The second kappa shape index (κ2) is 4.73. The minimum Gasteiger partial charge on any atom is -0.508 e. The van der Waals surface area contributed by atoms with Crippen molar-refractivity contribution in [2.45, 2.75) is 6.92 Å². The van der Waals surface area contributed by atoms with E-state index in [-0.39, 0.29) is 11.5 Å². The normalized spacial score (nSPS) is 10.8. The number of H-pyrrole nitrogens is 1. The highest BCUT2D eigenvalue weighted by molar-refractivity contribution is 5.78. The number of aromatic nitrogens is 3. The van der Waals surface area contributed by atoms with Crippen molar-refractivity contribution in [2.24, 2.45) is 0 Å². The zero-order chi connectivity index (χ0) is 14.1. The third-order valence-corrected chi connectivity index (χ3v) is 2.85. The molecule has 102 valence electrons. The fourth-order valence-corrected chi connectivity index (χ4v) is 1.94. The van der Waals surface area contributed by atoms with E-state index in [4.69, 9.17) is 4.74 Å². The molecule has 2 aromatic heterocycles. The number of imidazole rings is 1. The number of nitrogens with one attached hydrogen (secondary N) is 1. The van der Waals surface area contributed by atoms with Gasteiger partial charge in [-0.25, -0.2) is 4.98 Å². The van der Waals surface area contributed by atoms with Gasteiger partial charge < -0.3 is 19.9 Å². The van der Waals surface area contributed by atoms with Crippen molar-refractivity contribution >= 4 is 11.2 Å². The van der Waals surface area contributed by atoms with Crippen LogP contribution >= 0.6 is 0 Å². The summed E-state index contributed by atoms with van der Waals surface area (Å²) < 4.78 is 5.32. The SMILES string of the molecule is CCOc1ccc2[nH]c(-c3cc(O)ccc3O)nc2n1. The quantitative estimate of drug-likeness (QED) is 0.636. The summed E-state index contributed by atoms with van der Waals surface area (Å²) in [6, 6.07) is 7.82. The molecular formula is C14H13N3O3. The number of nitrogens with zero attached hydrogens (tertiary/aromatic N) is 2. The Morgan fingerprint density at radius 2 is 2.00 bits per heavy atom. The lowest BCUT2D eigenvalue weighted by molar-refractivity contribution is 0.328. The van der Waals surface area contributed by atoms with Crippen LogP contribution < -0.4 is 4.74 Å². The van der Waals surface area contributed by atoms with Gasteiger partial charge >= 0.3 is 0 Å². The van der Waals surface area contributed by atoms with Crippen LogP contribution in [0.4, 0.5) is 0 Å². The minimum absolute atomic E-state index is 0.0342. The number of hydrogen-bond donors (Lipinski definition) is 3. The number of aromatic hydroxyl groups is 2. The maximum Gasteiger partial charge on any atom is 0.215 e. The van der Waals surface area contributed by atoms with Crippen molar-refractivity contribution in [3.05, 3.63) is 30.3 Å². The van der Waals surface area contributed by atoms with Crippen LogP contribution in [0.3, 0.4) is 0 Å². The van der Waals surface area contributed by atoms with Crippen molar-refractivity contribution in [2.75, 3.05) is 6.61 Å². The molecule has 3 rings (SSSR count). The van der Waals surface area contributed by atoms with Crippen molar-refractivity contribution in [3.63, 3.8) is 0 Å². The molecule has 0 unspecified atom stereocenters. The summed E-state index contributed by atoms with van der Waals surface area (Å²) >= 11 is 0. The highest BCUT2D eigenvalue weighted by Crippen LogP contribution is 2.31. The third kappa shape index (κ3) is 2.11. The zero-order valence-corrected chi connectivity index (χ0v) is 10.8. The summed E-state index contributed by atoms with van der Waals surface area (Å²) in [5.74, 6) is 1.03. The lowest BCUT2D eigenvalue weighted by atomic mass is 10.2. The predicted octanol–water partition coefficient (Wildman–Crippen LogP) is 2.43. The summed E-state index contributed by atoms with van der Waals surface area (Å²) in [6.45, 7) is 2.41. The smallest absolute Gasteiger partial charge is 0.215 e. The molecule has 3 N–H and O–H groups in total. The Hall–Kier alpha value is -2.76. The van der Waals surface area contributed by atoms with Crippen LogP contribution in [0, 0.1) is 0 Å². The number of benzene rings is 1. The van der Waals surface area contributed by atoms with Crippen molar-refractivity contribution in [1.29, 1.82) is 0 Å². The van der Waals surface area contributed by atoms with Gasteiger partial charge in [0.25, 0.3) is 0 Å². The van der Waals surface area contributed by atoms with E-state index in [9.17, 15) is 10.2 Å². The lowest BCUT2D eigenvalue weighted by Gasteiger charge is -2.01. The second-order valence-corrected chi connectivity index (χ2v) is 4.24. The van der Waals surface area contributed by atoms with Gasteiger partial charge in [-0.1, -0.05) is 0 Å². The molecule has 6 heteroatoms. The Labute approximate surface area is 114 Å². The van der Waals surface area contributed by atoms with Crippen LogP contribution in [0.1, 0.15) is 6.92 Å². The van der Waals surface area contributed by atoms with E-state index in [1.807, 2.05) is 13.0 Å². The molecule has 0 spiro atoms. The van der Waals surface area contributed by atoms with Gasteiger partial charge in [0.1, 0.15) is 17.3 Å². The Kier molecular flexibility index (Phi) is 2.90. The Balaban J connectivity index is 2.10. The fraction of sp³-hybridized carbons (Fsp3) is 0.143. The predicted molar refractivity (Wildman–Crippen MR) is 73.8 cm³/mol. The number of fused-ring (bicyclic) bond motifs is 1. The Morgan fingerprint density at radius 3 is 2.80 bits per heavy atom. The number of phenolic OH excluding ortho intramolecular Hbond substituents is 2. The number of hydrogen-bond acceptors (Lipinski definition) is 5. The van der Waals surface area contributed by atoms with Crippen molar-refractivity contribution in [1.82, 2.24) is 15.0 Å². The maximum atomic E-state index is 9.84. The fourth-order valence-electron chi connectivity index (χ4n) is 1.94. The first kappa shape index (κ1) is 12.3. The van der Waals surface area contributed by atoms with Crippen LogP contribution in [0.25, 0.3) is 22.6 Å². The molecule has 0 atom stereocenters. The van der Waals surface area contributed by atoms with E-state index in [2.05, 4.69) is 15.0 Å². The third-order valence-electron chi connectivity index (χ3n) is 2.85. The topological polar surface area (TPSA) is 91.3 Å². The Bertz CT molecular complexity index is 767. The molecule has 20 heavy (non-hydrogen) atoms. The standard InChI is InChI=1S/C14H13N3O3/c1-2-20-12-6-4-10-14(16-12)17-13(15-10)9-7-8(18)3-5-11(9)19/h3-7,18-19H,2H2,1H3,(H,15,16,17). The van der Waals surface area contributed by atoms with E-state index < -0.39 is 0 Å². The van der Waals surface area contributed by atoms with Gasteiger partial charge in [-0.15, -0.1) is 0 Å². The van der Waals surface area contributed by atoms with Crippen molar-refractivity contribution in [3.8, 4) is 28.8 Å². The molecule has 6 nitrogen and oxygen atoms in total. The summed E-state index contributed by atoms with van der Waals surface area (Å²) in [4.78, 5) is 11.6. The average Bonchev–Trinajstić information content (AvgIpc) is 2.85. The van der Waals surface area contributed by atoms with Crippen LogP contribution in [0.15, 0.2) is 30.3 Å². The van der Waals surface area contributed by atoms with E-state index in [1.165, 1.54) is 18.2 Å². The molecule has 0 bridgehead atoms. The first-order chi connectivity index (χ1) is 9.67.